The summed E-state index contributed by atoms with van der Waals surface area (Å²) in [5.74, 6) is 1.12. The fourth-order valence-corrected chi connectivity index (χ4v) is 1.41. The van der Waals surface area contributed by atoms with Crippen molar-refractivity contribution < 1.29 is 4.79 Å². The van der Waals surface area contributed by atoms with E-state index in [0.717, 1.165) is 5.82 Å². The fraction of sp³-hybridized carbons (Fsp3) is 0.667. The van der Waals surface area contributed by atoms with Crippen LogP contribution in [0.1, 0.15) is 18.6 Å². The van der Waals surface area contributed by atoms with Crippen LogP contribution in [0.25, 0.3) is 0 Å². The first-order valence-corrected chi connectivity index (χ1v) is 4.95. The molecule has 1 unspecified atom stereocenters. The number of hydrogen-bond donors (Lipinski definition) is 2. The Morgan fingerprint density at radius 3 is 2.67 bits per heavy atom. The highest BCUT2D eigenvalue weighted by molar-refractivity contribution is 5.79. The molecule has 0 spiro atoms. The van der Waals surface area contributed by atoms with Gasteiger partial charge in [-0.2, -0.15) is 5.10 Å². The maximum atomic E-state index is 11.1. The van der Waals surface area contributed by atoms with Gasteiger partial charge in [-0.1, -0.05) is 6.92 Å². The first kappa shape index (κ1) is 11.6. The van der Waals surface area contributed by atoms with Gasteiger partial charge in [-0.25, -0.2) is 9.67 Å². The second-order valence-electron chi connectivity index (χ2n) is 3.40. The van der Waals surface area contributed by atoms with E-state index in [9.17, 15) is 4.79 Å². The minimum Gasteiger partial charge on any atom is -0.368 e. The third-order valence-corrected chi connectivity index (χ3v) is 2.11. The van der Waals surface area contributed by atoms with Crippen molar-refractivity contribution in [3.63, 3.8) is 0 Å². The van der Waals surface area contributed by atoms with Gasteiger partial charge < -0.3 is 11.1 Å². The van der Waals surface area contributed by atoms with E-state index in [1.807, 2.05) is 20.8 Å². The molecule has 0 aliphatic heterocycles. The predicted molar refractivity (Wildman–Crippen MR) is 56.2 cm³/mol. The van der Waals surface area contributed by atoms with Crippen molar-refractivity contribution in [1.29, 1.82) is 0 Å². The molecule has 15 heavy (non-hydrogen) atoms. The summed E-state index contributed by atoms with van der Waals surface area (Å²) in [6.07, 6.45) is 0. The summed E-state index contributed by atoms with van der Waals surface area (Å²) in [4.78, 5) is 15.3. The first-order valence-electron chi connectivity index (χ1n) is 4.95. The van der Waals surface area contributed by atoms with Crippen LogP contribution in [0, 0.1) is 13.8 Å². The van der Waals surface area contributed by atoms with Crippen molar-refractivity contribution in [2.75, 3.05) is 6.54 Å². The van der Waals surface area contributed by atoms with E-state index in [0.29, 0.717) is 18.9 Å². The number of amides is 1. The van der Waals surface area contributed by atoms with Crippen molar-refractivity contribution in [2.24, 2.45) is 5.73 Å². The van der Waals surface area contributed by atoms with E-state index in [4.69, 9.17) is 5.73 Å². The van der Waals surface area contributed by atoms with E-state index in [-0.39, 0.29) is 5.91 Å². The van der Waals surface area contributed by atoms with Gasteiger partial charge in [-0.15, -0.1) is 0 Å². The van der Waals surface area contributed by atoms with Crippen LogP contribution in [0.2, 0.25) is 0 Å². The van der Waals surface area contributed by atoms with Crippen molar-refractivity contribution in [3.05, 3.63) is 11.6 Å². The van der Waals surface area contributed by atoms with Crippen molar-refractivity contribution in [2.45, 2.75) is 33.4 Å². The zero-order valence-electron chi connectivity index (χ0n) is 9.32. The maximum absolute atomic E-state index is 11.1. The average molecular weight is 211 g/mol. The molecule has 0 aromatic carbocycles. The summed E-state index contributed by atoms with van der Waals surface area (Å²) in [6, 6.07) is -0.394. The number of aromatic nitrogens is 3. The molecule has 1 heterocycles. The summed E-state index contributed by atoms with van der Waals surface area (Å²) < 4.78 is 1.69. The highest BCUT2D eigenvalue weighted by Crippen LogP contribution is 1.98. The second-order valence-corrected chi connectivity index (χ2v) is 3.40. The Morgan fingerprint density at radius 1 is 1.60 bits per heavy atom. The molecule has 6 heteroatoms. The van der Waals surface area contributed by atoms with Gasteiger partial charge in [0.25, 0.3) is 0 Å². The molecule has 0 fully saturated rings. The second kappa shape index (κ2) is 4.88. The zero-order chi connectivity index (χ0) is 11.4. The van der Waals surface area contributed by atoms with Crippen LogP contribution < -0.4 is 11.1 Å². The Balaban J connectivity index is 2.73. The Kier molecular flexibility index (Phi) is 3.79. The third-order valence-electron chi connectivity index (χ3n) is 2.11. The Morgan fingerprint density at radius 2 is 2.27 bits per heavy atom. The highest BCUT2D eigenvalue weighted by atomic mass is 16.1. The number of nitrogens with one attached hydrogen (secondary N) is 1. The number of hydrogen-bond acceptors (Lipinski definition) is 4. The van der Waals surface area contributed by atoms with Crippen LogP contribution in [0.15, 0.2) is 0 Å². The van der Waals surface area contributed by atoms with Crippen molar-refractivity contribution >= 4 is 5.91 Å². The van der Waals surface area contributed by atoms with Gasteiger partial charge in [0.2, 0.25) is 5.91 Å². The Bertz CT molecular complexity index is 346. The summed E-state index contributed by atoms with van der Waals surface area (Å²) in [5.41, 5.74) is 5.26. The quantitative estimate of drug-likeness (QED) is 0.678. The highest BCUT2D eigenvalue weighted by Gasteiger charge is 2.16. The number of primary amides is 1. The molecule has 1 atom stereocenters. The smallest absolute Gasteiger partial charge is 0.236 e. The number of aryl methyl sites for hydroxylation is 2. The standard InChI is InChI=1S/C9H17N5O/c1-4-11-8(9(10)15)5-14-7(3)12-6(2)13-14/h8,11H,4-5H2,1-3H3,(H2,10,15). The molecule has 0 saturated heterocycles. The fourth-order valence-electron chi connectivity index (χ4n) is 1.41. The Labute approximate surface area is 88.9 Å². The average Bonchev–Trinajstić information content (AvgIpc) is 2.44. The molecule has 6 nitrogen and oxygen atoms in total. The molecule has 0 saturated carbocycles. The van der Waals surface area contributed by atoms with Crippen LogP contribution in [0.3, 0.4) is 0 Å². The van der Waals surface area contributed by atoms with Crippen LogP contribution in [-0.4, -0.2) is 33.3 Å². The van der Waals surface area contributed by atoms with Crippen molar-refractivity contribution in [3.8, 4) is 0 Å². The lowest BCUT2D eigenvalue weighted by atomic mass is 10.3. The molecular formula is C9H17N5O. The number of nitrogens with zero attached hydrogens (tertiary/aromatic N) is 3. The van der Waals surface area contributed by atoms with Gasteiger partial charge in [-0.05, 0) is 20.4 Å². The lowest BCUT2D eigenvalue weighted by molar-refractivity contribution is -0.120. The zero-order valence-corrected chi connectivity index (χ0v) is 9.32. The molecule has 3 N–H and O–H groups in total. The van der Waals surface area contributed by atoms with Gasteiger partial charge in [0.15, 0.2) is 0 Å². The van der Waals surface area contributed by atoms with E-state index < -0.39 is 6.04 Å². The van der Waals surface area contributed by atoms with Crippen LogP contribution in [-0.2, 0) is 11.3 Å². The minimum absolute atomic E-state index is 0.371. The van der Waals surface area contributed by atoms with Gasteiger partial charge in [-0.3, -0.25) is 4.79 Å². The molecule has 0 aliphatic carbocycles. The van der Waals surface area contributed by atoms with E-state index >= 15 is 0 Å². The van der Waals surface area contributed by atoms with Gasteiger partial charge >= 0.3 is 0 Å². The van der Waals surface area contributed by atoms with E-state index in [2.05, 4.69) is 15.4 Å². The third kappa shape index (κ3) is 3.02. The molecule has 1 aromatic rings. The molecule has 1 amide bonds. The van der Waals surface area contributed by atoms with Crippen molar-refractivity contribution in [1.82, 2.24) is 20.1 Å². The number of rotatable bonds is 5. The van der Waals surface area contributed by atoms with Crippen LogP contribution >= 0.6 is 0 Å². The van der Waals surface area contributed by atoms with E-state index in [1.165, 1.54) is 0 Å². The summed E-state index contributed by atoms with van der Waals surface area (Å²) >= 11 is 0. The summed E-state index contributed by atoms with van der Waals surface area (Å²) in [7, 11) is 0. The molecule has 1 rings (SSSR count). The molecule has 0 aliphatic rings. The largest absolute Gasteiger partial charge is 0.368 e. The van der Waals surface area contributed by atoms with E-state index in [1.54, 1.807) is 4.68 Å². The molecule has 0 bridgehead atoms. The summed E-state index contributed by atoms with van der Waals surface area (Å²) in [5, 5.41) is 7.18. The van der Waals surface area contributed by atoms with Gasteiger partial charge in [0.05, 0.1) is 6.54 Å². The number of carbonyl (C=O) groups is 1. The van der Waals surface area contributed by atoms with Gasteiger partial charge in [0, 0.05) is 0 Å². The first-order chi connectivity index (χ1) is 7.04. The molecular weight excluding hydrogens is 194 g/mol. The maximum Gasteiger partial charge on any atom is 0.236 e. The number of carbonyl (C=O) groups excluding carboxylic acids is 1. The van der Waals surface area contributed by atoms with Crippen LogP contribution in [0.4, 0.5) is 0 Å². The minimum atomic E-state index is -0.394. The topological polar surface area (TPSA) is 85.8 Å². The number of nitrogens with two attached hydrogens (primary N) is 1. The number of likely N-dealkylation sites (N-methyl/N-ethyl adjacent to an activating group) is 1. The SMILES string of the molecule is CCNC(Cn1nc(C)nc1C)C(N)=O. The van der Waals surface area contributed by atoms with Crippen LogP contribution in [0.5, 0.6) is 0 Å². The molecule has 84 valence electrons. The lowest BCUT2D eigenvalue weighted by Crippen LogP contribution is -2.44. The Hall–Kier alpha value is -1.43. The lowest BCUT2D eigenvalue weighted by Gasteiger charge is -2.14. The summed E-state index contributed by atoms with van der Waals surface area (Å²) in [6.45, 7) is 6.71. The predicted octanol–water partition coefficient (Wildman–Crippen LogP) is -0.642. The molecule has 0 radical (unpaired) electrons. The normalized spacial score (nSPS) is 12.7. The monoisotopic (exact) mass is 211 g/mol. The molecule has 1 aromatic heterocycles. The van der Waals surface area contributed by atoms with Gasteiger partial charge in [0.1, 0.15) is 17.7 Å².